The van der Waals surface area contributed by atoms with E-state index in [1.807, 2.05) is 0 Å². The van der Waals surface area contributed by atoms with Crippen molar-refractivity contribution in [2.45, 2.75) is 19.2 Å². The van der Waals surface area contributed by atoms with Gasteiger partial charge in [0.2, 0.25) is 0 Å². The molecule has 1 unspecified atom stereocenters. The van der Waals surface area contributed by atoms with Crippen molar-refractivity contribution in [3.05, 3.63) is 29.8 Å². The van der Waals surface area contributed by atoms with Crippen molar-refractivity contribution < 1.29 is 27.8 Å². The molecule has 0 heterocycles. The van der Waals surface area contributed by atoms with Crippen molar-refractivity contribution in [2.75, 3.05) is 0 Å². The molecule has 0 aliphatic rings. The summed E-state index contributed by atoms with van der Waals surface area (Å²) < 4.78 is 41.2. The first kappa shape index (κ1) is 12.4. The van der Waals surface area contributed by atoms with Crippen LogP contribution >= 0.6 is 0 Å². The molecule has 0 aliphatic carbocycles. The van der Waals surface area contributed by atoms with Gasteiger partial charge in [-0.25, -0.2) is 4.79 Å². The van der Waals surface area contributed by atoms with Crippen molar-refractivity contribution in [3.8, 4) is 5.75 Å². The van der Waals surface area contributed by atoms with Crippen LogP contribution in [-0.4, -0.2) is 23.4 Å². The Balaban J connectivity index is 2.93. The first-order valence-corrected chi connectivity index (χ1v) is 4.38. The average molecular weight is 234 g/mol. The first-order valence-electron chi connectivity index (χ1n) is 4.38. The summed E-state index contributed by atoms with van der Waals surface area (Å²) in [5, 5.41) is 8.72. The lowest BCUT2D eigenvalue weighted by molar-refractivity contribution is -0.189. The van der Waals surface area contributed by atoms with E-state index in [-0.39, 0.29) is 11.3 Å². The Kier molecular flexibility index (Phi) is 3.41. The largest absolute Gasteiger partial charge is 0.480 e. The zero-order chi connectivity index (χ0) is 12.3. The monoisotopic (exact) mass is 234 g/mol. The topological polar surface area (TPSA) is 46.5 Å². The number of hydrogen-bond acceptors (Lipinski definition) is 2. The van der Waals surface area contributed by atoms with Gasteiger partial charge in [-0.3, -0.25) is 0 Å². The van der Waals surface area contributed by atoms with Crippen molar-refractivity contribution in [2.24, 2.45) is 0 Å². The van der Waals surface area contributed by atoms with Gasteiger partial charge in [-0.1, -0.05) is 12.1 Å². The Morgan fingerprint density at radius 1 is 1.38 bits per heavy atom. The molecular weight excluding hydrogens is 225 g/mol. The maximum absolute atomic E-state index is 12.2. The minimum atomic E-state index is -4.52. The molecule has 1 N–H and O–H groups in total. The molecule has 0 saturated carbocycles. The average Bonchev–Trinajstić information content (AvgIpc) is 2.16. The number of halogens is 3. The molecule has 0 spiro atoms. The van der Waals surface area contributed by atoms with Gasteiger partial charge >= 0.3 is 12.1 Å². The van der Waals surface area contributed by atoms with E-state index < -0.39 is 18.2 Å². The number of para-hydroxylation sites is 1. The molecule has 0 amide bonds. The fourth-order valence-electron chi connectivity index (χ4n) is 1.00. The molecule has 0 radical (unpaired) electrons. The van der Waals surface area contributed by atoms with Gasteiger partial charge in [-0.2, -0.15) is 13.2 Å². The van der Waals surface area contributed by atoms with Gasteiger partial charge in [-0.05, 0) is 19.1 Å². The van der Waals surface area contributed by atoms with E-state index >= 15 is 0 Å². The van der Waals surface area contributed by atoms with Crippen molar-refractivity contribution in [1.29, 1.82) is 0 Å². The lowest BCUT2D eigenvalue weighted by atomic mass is 10.2. The molecule has 88 valence electrons. The number of benzene rings is 1. The number of alkyl halides is 3. The van der Waals surface area contributed by atoms with E-state index in [1.54, 1.807) is 0 Å². The zero-order valence-corrected chi connectivity index (χ0v) is 8.28. The Hall–Kier alpha value is -1.72. The SMILES string of the molecule is CC(Oc1ccccc1C(=O)O)C(F)(F)F. The van der Waals surface area contributed by atoms with E-state index in [4.69, 9.17) is 5.11 Å². The second-order valence-corrected chi connectivity index (χ2v) is 3.10. The van der Waals surface area contributed by atoms with E-state index in [2.05, 4.69) is 4.74 Å². The van der Waals surface area contributed by atoms with Gasteiger partial charge in [0.15, 0.2) is 6.10 Å². The van der Waals surface area contributed by atoms with Crippen LogP contribution in [0.5, 0.6) is 5.75 Å². The van der Waals surface area contributed by atoms with Crippen LogP contribution in [0.4, 0.5) is 13.2 Å². The van der Waals surface area contributed by atoms with Crippen LogP contribution < -0.4 is 4.74 Å². The molecule has 6 heteroatoms. The Bertz CT molecular complexity index is 387. The Labute approximate surface area is 89.5 Å². The molecular formula is C10H9F3O3. The molecule has 1 aromatic rings. The minimum Gasteiger partial charge on any atom is -0.480 e. The van der Waals surface area contributed by atoms with Gasteiger partial charge < -0.3 is 9.84 Å². The number of aromatic carboxylic acids is 1. The highest BCUT2D eigenvalue weighted by atomic mass is 19.4. The van der Waals surface area contributed by atoms with E-state index in [0.717, 1.165) is 6.92 Å². The fraction of sp³-hybridized carbons (Fsp3) is 0.300. The van der Waals surface area contributed by atoms with E-state index in [1.165, 1.54) is 24.3 Å². The van der Waals surface area contributed by atoms with E-state index in [0.29, 0.717) is 0 Å². The molecule has 0 aliphatic heterocycles. The quantitative estimate of drug-likeness (QED) is 0.874. The van der Waals surface area contributed by atoms with Crippen LogP contribution in [0.25, 0.3) is 0 Å². The van der Waals surface area contributed by atoms with Gasteiger partial charge in [0.25, 0.3) is 0 Å². The summed E-state index contributed by atoms with van der Waals surface area (Å²) in [5.74, 6) is -1.62. The normalized spacial score (nSPS) is 13.2. The third kappa shape index (κ3) is 2.88. The summed E-state index contributed by atoms with van der Waals surface area (Å²) in [6.45, 7) is 0.818. The molecule has 0 fully saturated rings. The summed E-state index contributed by atoms with van der Waals surface area (Å²) in [5.41, 5.74) is -0.293. The molecule has 16 heavy (non-hydrogen) atoms. The number of hydrogen-bond donors (Lipinski definition) is 1. The third-order valence-corrected chi connectivity index (χ3v) is 1.88. The lowest BCUT2D eigenvalue weighted by Crippen LogP contribution is -2.31. The highest BCUT2D eigenvalue weighted by Crippen LogP contribution is 2.26. The summed E-state index contributed by atoms with van der Waals surface area (Å²) in [4.78, 5) is 10.7. The second-order valence-electron chi connectivity index (χ2n) is 3.10. The molecule has 0 aromatic heterocycles. The second kappa shape index (κ2) is 4.42. The Morgan fingerprint density at radius 2 is 1.94 bits per heavy atom. The summed E-state index contributed by atoms with van der Waals surface area (Å²) in [6.07, 6.45) is -6.57. The summed E-state index contributed by atoms with van der Waals surface area (Å²) in [6, 6.07) is 5.19. The maximum Gasteiger partial charge on any atom is 0.425 e. The summed E-state index contributed by atoms with van der Waals surface area (Å²) >= 11 is 0. The first-order chi connectivity index (χ1) is 7.32. The molecule has 1 atom stereocenters. The van der Waals surface area contributed by atoms with Crippen molar-refractivity contribution in [1.82, 2.24) is 0 Å². The lowest BCUT2D eigenvalue weighted by Gasteiger charge is -2.18. The van der Waals surface area contributed by atoms with Crippen LogP contribution in [0.3, 0.4) is 0 Å². The molecule has 1 aromatic carbocycles. The number of carbonyl (C=O) groups is 1. The highest BCUT2D eigenvalue weighted by molar-refractivity contribution is 5.90. The number of rotatable bonds is 3. The predicted molar refractivity (Wildman–Crippen MR) is 49.5 cm³/mol. The molecule has 1 rings (SSSR count). The van der Waals surface area contributed by atoms with Crippen molar-refractivity contribution in [3.63, 3.8) is 0 Å². The third-order valence-electron chi connectivity index (χ3n) is 1.88. The summed E-state index contributed by atoms with van der Waals surface area (Å²) in [7, 11) is 0. The van der Waals surface area contributed by atoms with Gasteiger partial charge in [0.05, 0.1) is 0 Å². The van der Waals surface area contributed by atoms with Gasteiger partial charge in [-0.15, -0.1) is 0 Å². The zero-order valence-electron chi connectivity index (χ0n) is 8.28. The molecule has 3 nitrogen and oxygen atoms in total. The van der Waals surface area contributed by atoms with Crippen LogP contribution in [0.1, 0.15) is 17.3 Å². The number of ether oxygens (including phenoxy) is 1. The van der Waals surface area contributed by atoms with Gasteiger partial charge in [0, 0.05) is 0 Å². The van der Waals surface area contributed by atoms with Crippen LogP contribution in [0.15, 0.2) is 24.3 Å². The highest BCUT2D eigenvalue weighted by Gasteiger charge is 2.38. The smallest absolute Gasteiger partial charge is 0.425 e. The number of carboxylic acids is 1. The van der Waals surface area contributed by atoms with Crippen molar-refractivity contribution >= 4 is 5.97 Å². The molecule has 0 bridgehead atoms. The minimum absolute atomic E-state index is 0.292. The van der Waals surface area contributed by atoms with Crippen LogP contribution in [0.2, 0.25) is 0 Å². The maximum atomic E-state index is 12.2. The van der Waals surface area contributed by atoms with Crippen LogP contribution in [-0.2, 0) is 0 Å². The standard InChI is InChI=1S/C10H9F3O3/c1-6(10(11,12)13)16-8-5-3-2-4-7(8)9(14)15/h2-6H,1H3,(H,14,15). The van der Waals surface area contributed by atoms with Crippen LogP contribution in [0, 0.1) is 0 Å². The number of carboxylic acid groups (broad SMARTS) is 1. The fourth-order valence-corrected chi connectivity index (χ4v) is 1.00. The predicted octanol–water partition coefficient (Wildman–Crippen LogP) is 2.71. The van der Waals surface area contributed by atoms with E-state index in [9.17, 15) is 18.0 Å². The molecule has 0 saturated heterocycles. The Morgan fingerprint density at radius 3 is 2.44 bits per heavy atom. The van der Waals surface area contributed by atoms with Gasteiger partial charge in [0.1, 0.15) is 11.3 Å².